The number of ether oxygens (including phenoxy) is 4. The van der Waals surface area contributed by atoms with E-state index in [1.807, 2.05) is 0 Å². The van der Waals surface area contributed by atoms with Gasteiger partial charge in [-0.25, -0.2) is 9.59 Å². The number of anilines is 1. The van der Waals surface area contributed by atoms with Crippen molar-refractivity contribution in [2.24, 2.45) is 11.7 Å². The number of primary amides is 1. The van der Waals surface area contributed by atoms with Gasteiger partial charge in [0.05, 0.1) is 11.0 Å². The van der Waals surface area contributed by atoms with Gasteiger partial charge < -0.3 is 44.6 Å². The van der Waals surface area contributed by atoms with E-state index in [4.69, 9.17) is 29.1 Å². The highest BCUT2D eigenvalue weighted by molar-refractivity contribution is 5.98. The number of aromatic hydroxyl groups is 1. The molecular formula is C26H34N2O10. The number of benzene rings is 1. The molecule has 0 bridgehead atoms. The number of amides is 2. The first-order chi connectivity index (χ1) is 17.9. The fourth-order valence-corrected chi connectivity index (χ4v) is 5.26. The van der Waals surface area contributed by atoms with E-state index in [1.54, 1.807) is 20.8 Å². The monoisotopic (exact) mass is 534 g/mol. The first-order valence-electron chi connectivity index (χ1n) is 12.6. The van der Waals surface area contributed by atoms with Gasteiger partial charge in [-0.3, -0.25) is 4.79 Å². The van der Waals surface area contributed by atoms with Gasteiger partial charge in [-0.15, -0.1) is 0 Å². The van der Waals surface area contributed by atoms with Crippen molar-refractivity contribution in [1.29, 1.82) is 0 Å². The van der Waals surface area contributed by atoms with Gasteiger partial charge >= 0.3 is 11.7 Å². The average Bonchev–Trinajstić information content (AvgIpc) is 2.86. The van der Waals surface area contributed by atoms with Crippen molar-refractivity contribution >= 4 is 28.7 Å². The van der Waals surface area contributed by atoms with Gasteiger partial charge in [-0.2, -0.15) is 0 Å². The maximum atomic E-state index is 12.8. The molecule has 208 valence electrons. The number of hydrogen-bond donors (Lipinski definition) is 4. The molecule has 4 atom stereocenters. The number of methoxy groups -OCH3 is 1. The lowest BCUT2D eigenvalue weighted by atomic mass is 9.88. The Bertz CT molecular complexity index is 1270. The minimum atomic E-state index is -1.48. The van der Waals surface area contributed by atoms with E-state index in [9.17, 15) is 24.6 Å². The SMILES string of the molecule is CO[C@@H]1[C@@H](OC(N)=O)[C@@H](O)[C@H](Oc2ccc3c(O)c(NC(=O)C4CCCCC4)c(=O)oc3c2C)OC1(C)C. The highest BCUT2D eigenvalue weighted by Crippen LogP contribution is 2.38. The first-order valence-corrected chi connectivity index (χ1v) is 12.6. The summed E-state index contributed by atoms with van der Waals surface area (Å²) < 4.78 is 27.8. The molecule has 12 heteroatoms. The third kappa shape index (κ3) is 5.29. The Hall–Kier alpha value is -3.35. The summed E-state index contributed by atoms with van der Waals surface area (Å²) in [5.41, 5.74) is 3.27. The Labute approximate surface area is 219 Å². The Kier molecular flexibility index (Phi) is 7.86. The van der Waals surface area contributed by atoms with Crippen LogP contribution in [0.25, 0.3) is 11.0 Å². The Morgan fingerprint density at radius 2 is 1.87 bits per heavy atom. The number of fused-ring (bicyclic) bond motifs is 1. The molecule has 1 aliphatic carbocycles. The quantitative estimate of drug-likeness (QED) is 0.402. The molecule has 38 heavy (non-hydrogen) atoms. The highest BCUT2D eigenvalue weighted by atomic mass is 16.7. The third-order valence-electron chi connectivity index (χ3n) is 7.24. The zero-order valence-electron chi connectivity index (χ0n) is 21.8. The summed E-state index contributed by atoms with van der Waals surface area (Å²) in [5.74, 6) is -0.783. The number of aliphatic hydroxyl groups is 1. The van der Waals surface area contributed by atoms with Crippen molar-refractivity contribution in [2.45, 2.75) is 83.1 Å². The summed E-state index contributed by atoms with van der Waals surface area (Å²) in [7, 11) is 1.38. The van der Waals surface area contributed by atoms with E-state index in [0.29, 0.717) is 5.56 Å². The number of aliphatic hydroxyl groups excluding tert-OH is 1. The minimum absolute atomic E-state index is 0.0323. The number of carbonyl (C=O) groups is 2. The van der Waals surface area contributed by atoms with Crippen LogP contribution in [0.5, 0.6) is 11.5 Å². The number of nitrogens with one attached hydrogen (secondary N) is 1. The van der Waals surface area contributed by atoms with E-state index in [1.165, 1.54) is 19.2 Å². The Balaban J connectivity index is 1.62. The molecule has 1 saturated carbocycles. The maximum absolute atomic E-state index is 12.8. The number of carbonyl (C=O) groups excluding carboxylic acids is 2. The number of aryl methyl sites for hydroxylation is 1. The summed E-state index contributed by atoms with van der Waals surface area (Å²) in [4.78, 5) is 36.9. The topological polar surface area (TPSA) is 180 Å². The molecule has 2 aliphatic rings. The summed E-state index contributed by atoms with van der Waals surface area (Å²) in [6.45, 7) is 4.94. The molecule has 2 amide bonds. The lowest BCUT2D eigenvalue weighted by molar-refractivity contribution is -0.304. The zero-order valence-corrected chi connectivity index (χ0v) is 21.8. The van der Waals surface area contributed by atoms with Crippen molar-refractivity contribution in [3.05, 3.63) is 28.1 Å². The van der Waals surface area contributed by atoms with Crippen LogP contribution in [-0.2, 0) is 19.0 Å². The smallest absolute Gasteiger partial charge is 0.404 e. The molecule has 2 heterocycles. The molecule has 1 aromatic heterocycles. The lowest BCUT2D eigenvalue weighted by Gasteiger charge is -2.47. The largest absolute Gasteiger partial charge is 0.505 e. The number of rotatable bonds is 6. The summed E-state index contributed by atoms with van der Waals surface area (Å²) in [6, 6.07) is 2.96. The molecule has 0 radical (unpaired) electrons. The molecule has 2 aromatic rings. The van der Waals surface area contributed by atoms with Crippen molar-refractivity contribution in [3.8, 4) is 11.5 Å². The van der Waals surface area contributed by atoms with Gasteiger partial charge in [0.15, 0.2) is 23.6 Å². The molecule has 12 nitrogen and oxygen atoms in total. The van der Waals surface area contributed by atoms with Crippen molar-refractivity contribution < 1.29 is 43.2 Å². The van der Waals surface area contributed by atoms with Gasteiger partial charge in [0.25, 0.3) is 0 Å². The summed E-state index contributed by atoms with van der Waals surface area (Å²) in [5, 5.41) is 24.5. The van der Waals surface area contributed by atoms with Crippen LogP contribution < -0.4 is 21.4 Å². The molecule has 4 rings (SSSR count). The van der Waals surface area contributed by atoms with Crippen LogP contribution in [0.3, 0.4) is 0 Å². The number of hydrogen-bond acceptors (Lipinski definition) is 10. The molecule has 2 fully saturated rings. The second kappa shape index (κ2) is 10.8. The lowest BCUT2D eigenvalue weighted by Crippen LogP contribution is -2.65. The van der Waals surface area contributed by atoms with Gasteiger partial charge in [-0.1, -0.05) is 19.3 Å². The fourth-order valence-electron chi connectivity index (χ4n) is 5.26. The van der Waals surface area contributed by atoms with Crippen LogP contribution in [0.2, 0.25) is 0 Å². The first kappa shape index (κ1) is 27.7. The third-order valence-corrected chi connectivity index (χ3v) is 7.24. The Morgan fingerprint density at radius 1 is 1.18 bits per heavy atom. The number of nitrogens with two attached hydrogens (primary N) is 1. The van der Waals surface area contributed by atoms with Crippen LogP contribution in [0.15, 0.2) is 21.3 Å². The predicted molar refractivity (Wildman–Crippen MR) is 135 cm³/mol. The molecule has 1 aliphatic heterocycles. The second-order valence-corrected chi connectivity index (χ2v) is 10.3. The molecule has 0 spiro atoms. The van der Waals surface area contributed by atoms with Crippen LogP contribution in [0.4, 0.5) is 10.5 Å². The van der Waals surface area contributed by atoms with E-state index in [-0.39, 0.29) is 34.2 Å². The second-order valence-electron chi connectivity index (χ2n) is 10.3. The minimum Gasteiger partial charge on any atom is -0.505 e. The predicted octanol–water partition coefficient (Wildman–Crippen LogP) is 2.68. The fraction of sp³-hybridized carbons (Fsp3) is 0.577. The normalized spacial score (nSPS) is 25.6. The Morgan fingerprint density at radius 3 is 2.50 bits per heavy atom. The van der Waals surface area contributed by atoms with Crippen molar-refractivity contribution in [1.82, 2.24) is 0 Å². The standard InChI is InChI=1S/C26H34N2O10/c1-12-15(35-24-18(30)20(37-25(27)33)21(34-4)26(2,3)38-24)11-10-14-17(29)16(23(32)36-19(12)14)28-22(31)13-8-6-5-7-9-13/h10-11,13,18,20-21,24,29-30H,5-9H2,1-4H3,(H2,27,33)(H,28,31)/t18-,20+,21-,24-/m1/s1. The molecule has 1 aromatic carbocycles. The average molecular weight is 535 g/mol. The highest BCUT2D eigenvalue weighted by Gasteiger charge is 2.53. The molecule has 0 unspecified atom stereocenters. The van der Waals surface area contributed by atoms with Gasteiger partial charge in [0.1, 0.15) is 17.4 Å². The van der Waals surface area contributed by atoms with E-state index in [0.717, 1.165) is 32.1 Å². The van der Waals surface area contributed by atoms with Crippen molar-refractivity contribution in [2.75, 3.05) is 12.4 Å². The van der Waals surface area contributed by atoms with Crippen LogP contribution in [0.1, 0.15) is 51.5 Å². The van der Waals surface area contributed by atoms with E-state index < -0.39 is 47.7 Å². The van der Waals surface area contributed by atoms with Crippen LogP contribution in [-0.4, -0.2) is 59.5 Å². The van der Waals surface area contributed by atoms with Gasteiger partial charge in [-0.05, 0) is 45.7 Å². The molecule has 5 N–H and O–H groups in total. The summed E-state index contributed by atoms with van der Waals surface area (Å²) in [6.07, 6.45) is -1.51. The maximum Gasteiger partial charge on any atom is 0.404 e. The van der Waals surface area contributed by atoms with Crippen molar-refractivity contribution in [3.63, 3.8) is 0 Å². The van der Waals surface area contributed by atoms with Gasteiger partial charge in [0, 0.05) is 18.6 Å². The molecular weight excluding hydrogens is 500 g/mol. The van der Waals surface area contributed by atoms with Gasteiger partial charge in [0.2, 0.25) is 12.2 Å². The zero-order chi connectivity index (χ0) is 27.8. The van der Waals surface area contributed by atoms with E-state index >= 15 is 0 Å². The summed E-state index contributed by atoms with van der Waals surface area (Å²) >= 11 is 0. The molecule has 1 saturated heterocycles. The van der Waals surface area contributed by atoms with Crippen LogP contribution >= 0.6 is 0 Å². The van der Waals surface area contributed by atoms with Crippen LogP contribution in [0, 0.1) is 12.8 Å². The van der Waals surface area contributed by atoms with E-state index in [2.05, 4.69) is 5.32 Å².